The Kier molecular flexibility index (Phi) is 7.46. The van der Waals surface area contributed by atoms with Gasteiger partial charge in [-0.15, -0.1) is 5.10 Å². The van der Waals surface area contributed by atoms with Crippen LogP contribution in [0.4, 0.5) is 13.2 Å². The fourth-order valence-electron chi connectivity index (χ4n) is 5.71. The van der Waals surface area contributed by atoms with Gasteiger partial charge in [0.15, 0.2) is 29.3 Å². The Morgan fingerprint density at radius 1 is 1.07 bits per heavy atom. The minimum absolute atomic E-state index is 0.0250. The maximum Gasteiger partial charge on any atom is 0.338 e. The van der Waals surface area contributed by atoms with Crippen molar-refractivity contribution in [3.8, 4) is 17.0 Å². The highest BCUT2D eigenvalue weighted by Crippen LogP contribution is 2.48. The summed E-state index contributed by atoms with van der Waals surface area (Å²) in [5.74, 6) is -6.88. The van der Waals surface area contributed by atoms with Crippen molar-refractivity contribution in [1.82, 2.24) is 15.0 Å². The number of aromatic nitrogens is 3. The lowest BCUT2D eigenvalue weighted by molar-refractivity contribution is -0.412. The number of benzene rings is 2. The largest absolute Gasteiger partial charge is 0.497 e. The fraction of sp³-hybridized carbons (Fsp3) is 0.483. The van der Waals surface area contributed by atoms with Gasteiger partial charge in [-0.3, -0.25) is 0 Å². The molecule has 3 aliphatic rings. The van der Waals surface area contributed by atoms with E-state index in [0.29, 0.717) is 18.8 Å². The predicted octanol–water partition coefficient (Wildman–Crippen LogP) is 4.58. The van der Waals surface area contributed by atoms with Crippen molar-refractivity contribution in [2.24, 2.45) is 0 Å². The number of ether oxygens (including phenoxy) is 6. The topological polar surface area (TPSA) is 103 Å². The maximum absolute atomic E-state index is 14.0. The molecule has 3 aliphatic heterocycles. The molecule has 0 radical (unpaired) electrons. The van der Waals surface area contributed by atoms with E-state index in [1.165, 1.54) is 18.0 Å². The Bertz CT molecular complexity index is 1450. The quantitative estimate of drug-likeness (QED) is 0.312. The number of hydrogen-bond donors (Lipinski definition) is 0. The van der Waals surface area contributed by atoms with Crippen LogP contribution in [0.3, 0.4) is 0 Å². The highest BCUT2D eigenvalue weighted by atomic mass is 19.2. The van der Waals surface area contributed by atoms with Crippen molar-refractivity contribution < 1.29 is 46.4 Å². The second-order valence-electron chi connectivity index (χ2n) is 11.0. The van der Waals surface area contributed by atoms with Crippen LogP contribution in [0.2, 0.25) is 0 Å². The van der Waals surface area contributed by atoms with Gasteiger partial charge in [0.1, 0.15) is 29.7 Å². The number of carbonyl (C=O) groups is 1. The number of nitrogens with zero attached hydrogens (tertiary/aromatic N) is 3. The summed E-state index contributed by atoms with van der Waals surface area (Å²) >= 11 is 0. The summed E-state index contributed by atoms with van der Waals surface area (Å²) in [6.45, 7) is 4.01. The van der Waals surface area contributed by atoms with Crippen molar-refractivity contribution in [2.45, 2.75) is 69.0 Å². The fourth-order valence-corrected chi connectivity index (χ4v) is 5.71. The van der Waals surface area contributed by atoms with E-state index >= 15 is 0 Å². The molecule has 10 nitrogen and oxygen atoms in total. The lowest BCUT2D eigenvalue weighted by atomic mass is 9.85. The maximum atomic E-state index is 14.0. The summed E-state index contributed by atoms with van der Waals surface area (Å²) in [5, 5.41) is 8.36. The van der Waals surface area contributed by atoms with Crippen molar-refractivity contribution in [3.05, 3.63) is 65.6 Å². The standard InChI is InChI=1S/C29H30F3N3O7/c1-28(2)39-15-22-25(42-28)24(35-14-21(33-34-35)17-12-19(30)23(32)20(31)13-17)26(29(41-22)9-4-5-10-38-29)40-27(36)16-7-6-8-18(11-16)37-3/h6-8,11-14,22,24-26H,4-5,9-10,15H2,1-3H3/t22-,24+,25+,26-,29+/m1/s1. The van der Waals surface area contributed by atoms with Crippen LogP contribution < -0.4 is 4.74 Å². The molecule has 0 aliphatic carbocycles. The van der Waals surface area contributed by atoms with Crippen LogP contribution in [0, 0.1) is 17.5 Å². The van der Waals surface area contributed by atoms with Gasteiger partial charge in [0.2, 0.25) is 5.79 Å². The zero-order chi connectivity index (χ0) is 29.6. The van der Waals surface area contributed by atoms with Crippen molar-refractivity contribution in [3.63, 3.8) is 0 Å². The van der Waals surface area contributed by atoms with E-state index in [1.807, 2.05) is 0 Å². The molecule has 0 bridgehead atoms. The first-order chi connectivity index (χ1) is 20.1. The van der Waals surface area contributed by atoms with Crippen molar-refractivity contribution in [2.75, 3.05) is 20.3 Å². The molecular formula is C29H30F3N3O7. The van der Waals surface area contributed by atoms with Crippen molar-refractivity contribution in [1.29, 1.82) is 0 Å². The molecule has 6 rings (SSSR count). The zero-order valence-electron chi connectivity index (χ0n) is 23.2. The monoisotopic (exact) mass is 589 g/mol. The number of rotatable bonds is 5. The molecule has 3 saturated heterocycles. The summed E-state index contributed by atoms with van der Waals surface area (Å²) in [6.07, 6.45) is 0.876. The molecule has 0 N–H and O–H groups in total. The Labute approximate surface area is 239 Å². The number of methoxy groups -OCH3 is 1. The minimum Gasteiger partial charge on any atom is -0.497 e. The molecule has 3 fully saturated rings. The Morgan fingerprint density at radius 3 is 2.57 bits per heavy atom. The Balaban J connectivity index is 1.44. The average molecular weight is 590 g/mol. The van der Waals surface area contributed by atoms with Crippen LogP contribution in [0.15, 0.2) is 42.6 Å². The van der Waals surface area contributed by atoms with Gasteiger partial charge in [0, 0.05) is 12.0 Å². The lowest BCUT2D eigenvalue weighted by Crippen LogP contribution is -2.69. The first-order valence-corrected chi connectivity index (χ1v) is 13.6. The van der Waals surface area contributed by atoms with E-state index in [-0.39, 0.29) is 23.4 Å². The molecule has 4 heterocycles. The van der Waals surface area contributed by atoms with Gasteiger partial charge >= 0.3 is 5.97 Å². The molecule has 0 unspecified atom stereocenters. The smallest absolute Gasteiger partial charge is 0.338 e. The van der Waals surface area contributed by atoms with Crippen LogP contribution in [0.1, 0.15) is 49.5 Å². The minimum atomic E-state index is -1.59. The van der Waals surface area contributed by atoms with Crippen LogP contribution in [0.5, 0.6) is 5.75 Å². The Morgan fingerprint density at radius 2 is 1.86 bits per heavy atom. The SMILES string of the molecule is COc1cccc(C(=O)O[C@@H]2[C@@H](n3cc(-c4cc(F)c(F)c(F)c4)nn3)[C@H]3OC(C)(C)OC[C@H]3O[C@@]23CCCCO3)c1. The van der Waals surface area contributed by atoms with Crippen LogP contribution in [0.25, 0.3) is 11.3 Å². The number of fused-ring (bicyclic) bond motifs is 1. The van der Waals surface area contributed by atoms with Crippen molar-refractivity contribution >= 4 is 5.97 Å². The number of carbonyl (C=O) groups excluding carboxylic acids is 1. The molecule has 42 heavy (non-hydrogen) atoms. The molecule has 5 atom stereocenters. The highest BCUT2D eigenvalue weighted by molar-refractivity contribution is 5.90. The number of hydrogen-bond acceptors (Lipinski definition) is 9. The molecule has 0 saturated carbocycles. The molecule has 1 spiro atoms. The second-order valence-corrected chi connectivity index (χ2v) is 11.0. The average Bonchev–Trinajstić information content (AvgIpc) is 3.46. The van der Waals surface area contributed by atoms with Crippen LogP contribution >= 0.6 is 0 Å². The molecule has 3 aromatic rings. The zero-order valence-corrected chi connectivity index (χ0v) is 23.2. The summed E-state index contributed by atoms with van der Waals surface area (Å²) in [5.41, 5.74) is 0.285. The summed E-state index contributed by atoms with van der Waals surface area (Å²) in [7, 11) is 1.49. The van der Waals surface area contributed by atoms with E-state index in [0.717, 1.165) is 25.0 Å². The third-order valence-electron chi connectivity index (χ3n) is 7.71. The van der Waals surface area contributed by atoms with Gasteiger partial charge in [-0.05, 0) is 57.0 Å². The third kappa shape index (κ3) is 5.26. The van der Waals surface area contributed by atoms with Gasteiger partial charge in [-0.2, -0.15) is 0 Å². The molecule has 2 aromatic carbocycles. The summed E-state index contributed by atoms with van der Waals surface area (Å²) in [6, 6.07) is 7.32. The number of esters is 1. The van der Waals surface area contributed by atoms with E-state index < -0.39 is 59.3 Å². The number of halogens is 3. The van der Waals surface area contributed by atoms with E-state index in [9.17, 15) is 18.0 Å². The molecule has 1 aromatic heterocycles. The first-order valence-electron chi connectivity index (χ1n) is 13.6. The second kappa shape index (κ2) is 11.0. The van der Waals surface area contributed by atoms with Crippen LogP contribution in [-0.2, 0) is 23.7 Å². The van der Waals surface area contributed by atoms with Gasteiger partial charge < -0.3 is 28.4 Å². The van der Waals surface area contributed by atoms with Gasteiger partial charge in [-0.1, -0.05) is 11.3 Å². The molecule has 0 amide bonds. The van der Waals surface area contributed by atoms with E-state index in [1.54, 1.807) is 38.1 Å². The van der Waals surface area contributed by atoms with Gasteiger partial charge in [0.05, 0.1) is 32.1 Å². The summed E-state index contributed by atoms with van der Waals surface area (Å²) in [4.78, 5) is 13.6. The Hall–Kier alpha value is -3.52. The normalized spacial score (nSPS) is 28.7. The molecular weight excluding hydrogens is 559 g/mol. The highest BCUT2D eigenvalue weighted by Gasteiger charge is 2.62. The van der Waals surface area contributed by atoms with Crippen LogP contribution in [-0.4, -0.2) is 71.2 Å². The third-order valence-corrected chi connectivity index (χ3v) is 7.71. The summed E-state index contributed by atoms with van der Waals surface area (Å²) < 4.78 is 79.6. The molecule has 224 valence electrons. The lowest BCUT2D eigenvalue weighted by Gasteiger charge is -2.55. The van der Waals surface area contributed by atoms with E-state index in [4.69, 9.17) is 28.4 Å². The predicted molar refractivity (Wildman–Crippen MR) is 139 cm³/mol. The van der Waals surface area contributed by atoms with Gasteiger partial charge in [-0.25, -0.2) is 22.6 Å². The van der Waals surface area contributed by atoms with E-state index in [2.05, 4.69) is 10.3 Å². The molecule has 13 heteroatoms. The first kappa shape index (κ1) is 28.6. The van der Waals surface area contributed by atoms with Gasteiger partial charge in [0.25, 0.3) is 0 Å².